The first-order chi connectivity index (χ1) is 15.7. The van der Waals surface area contributed by atoms with Crippen LogP contribution in [-0.2, 0) is 28.9 Å². The first kappa shape index (κ1) is 23.0. The maximum absolute atomic E-state index is 12.3. The number of amides is 2. The zero-order valence-electron chi connectivity index (χ0n) is 19.5. The highest BCUT2D eigenvalue weighted by Gasteiger charge is 2.30. The van der Waals surface area contributed by atoms with Gasteiger partial charge in [-0.25, -0.2) is 0 Å². The number of benzene rings is 2. The predicted octanol–water partition coefficient (Wildman–Crippen LogP) is 3.46. The smallest absolute Gasteiger partial charge is 0.253 e. The zero-order valence-corrected chi connectivity index (χ0v) is 19.5. The van der Waals surface area contributed by atoms with Crippen molar-refractivity contribution in [3.63, 3.8) is 0 Å². The lowest BCUT2D eigenvalue weighted by Gasteiger charge is -2.27. The minimum atomic E-state index is -0.937. The Kier molecular flexibility index (Phi) is 6.23. The summed E-state index contributed by atoms with van der Waals surface area (Å²) in [7, 11) is 0. The van der Waals surface area contributed by atoms with Crippen molar-refractivity contribution < 1.29 is 19.8 Å². The van der Waals surface area contributed by atoms with Crippen LogP contribution in [0.25, 0.3) is 0 Å². The highest BCUT2D eigenvalue weighted by molar-refractivity contribution is 6.06. The molecule has 0 aliphatic carbocycles. The molecule has 2 aromatic rings. The van der Waals surface area contributed by atoms with Crippen LogP contribution in [0.15, 0.2) is 48.6 Å². The normalized spacial score (nSPS) is 19.9. The van der Waals surface area contributed by atoms with Crippen LogP contribution in [0.2, 0.25) is 0 Å². The summed E-state index contributed by atoms with van der Waals surface area (Å²) in [6.45, 7) is 8.02. The van der Waals surface area contributed by atoms with Crippen molar-refractivity contribution in [1.29, 1.82) is 0 Å². The summed E-state index contributed by atoms with van der Waals surface area (Å²) in [5.41, 5.74) is 7.72. The number of carbonyl (C=O) groups excluding carboxylic acids is 2. The Bertz CT molecular complexity index is 1090. The van der Waals surface area contributed by atoms with Crippen LogP contribution in [0.3, 0.4) is 0 Å². The van der Waals surface area contributed by atoms with Crippen molar-refractivity contribution in [2.75, 3.05) is 9.80 Å². The van der Waals surface area contributed by atoms with Crippen LogP contribution in [0.1, 0.15) is 47.2 Å². The average Bonchev–Trinajstić information content (AvgIpc) is 3.28. The Labute approximate surface area is 194 Å². The molecule has 0 aromatic heterocycles. The van der Waals surface area contributed by atoms with Crippen LogP contribution in [0, 0.1) is 13.8 Å². The number of hydrogen-bond acceptors (Lipinski definition) is 4. The fourth-order valence-corrected chi connectivity index (χ4v) is 4.95. The summed E-state index contributed by atoms with van der Waals surface area (Å²) < 4.78 is 0. The summed E-state index contributed by atoms with van der Waals surface area (Å²) in [5.74, 6) is -0.417. The summed E-state index contributed by atoms with van der Waals surface area (Å²) in [6.07, 6.45) is 6.12. The van der Waals surface area contributed by atoms with Crippen molar-refractivity contribution in [3.05, 3.63) is 82.0 Å². The molecule has 0 fully saturated rings. The summed E-state index contributed by atoms with van der Waals surface area (Å²) in [5, 5.41) is 20.5. The predicted molar refractivity (Wildman–Crippen MR) is 129 cm³/mol. The highest BCUT2D eigenvalue weighted by Crippen LogP contribution is 2.34. The molecule has 0 spiro atoms. The van der Waals surface area contributed by atoms with Gasteiger partial charge in [-0.15, -0.1) is 0 Å². The molecule has 33 heavy (non-hydrogen) atoms. The van der Waals surface area contributed by atoms with E-state index >= 15 is 0 Å². The lowest BCUT2D eigenvalue weighted by molar-refractivity contribution is -0.115. The molecule has 2 aromatic carbocycles. The largest absolute Gasteiger partial charge is 0.369 e. The van der Waals surface area contributed by atoms with Crippen molar-refractivity contribution in [3.8, 4) is 0 Å². The monoisotopic (exact) mass is 446 g/mol. The van der Waals surface area contributed by atoms with Gasteiger partial charge in [0, 0.05) is 12.2 Å². The molecule has 0 bridgehead atoms. The molecule has 2 amide bonds. The molecule has 6 nitrogen and oxygen atoms in total. The van der Waals surface area contributed by atoms with Crippen molar-refractivity contribution in [2.24, 2.45) is 0 Å². The van der Waals surface area contributed by atoms with E-state index in [0.717, 1.165) is 57.6 Å². The van der Waals surface area contributed by atoms with Crippen molar-refractivity contribution in [1.82, 2.24) is 0 Å². The maximum atomic E-state index is 12.3. The van der Waals surface area contributed by atoms with Crippen LogP contribution in [0.4, 0.5) is 11.4 Å². The molecule has 2 aliphatic rings. The van der Waals surface area contributed by atoms with E-state index in [2.05, 4.69) is 24.3 Å². The Morgan fingerprint density at radius 1 is 0.727 bits per heavy atom. The van der Waals surface area contributed by atoms with E-state index < -0.39 is 12.5 Å². The van der Waals surface area contributed by atoms with E-state index in [9.17, 15) is 19.8 Å². The van der Waals surface area contributed by atoms with Gasteiger partial charge >= 0.3 is 0 Å². The molecule has 2 N–H and O–H groups in total. The Balaban J connectivity index is 1.68. The molecule has 0 saturated heterocycles. The van der Waals surface area contributed by atoms with Gasteiger partial charge < -0.3 is 10.2 Å². The Hall–Kier alpha value is -3.22. The highest BCUT2D eigenvalue weighted by atomic mass is 16.3. The molecule has 0 radical (unpaired) electrons. The lowest BCUT2D eigenvalue weighted by Crippen LogP contribution is -2.35. The number of carbonyl (C=O) groups is 2. The molecule has 2 heterocycles. The number of hydrogen-bond donors (Lipinski definition) is 2. The van der Waals surface area contributed by atoms with Crippen molar-refractivity contribution >= 4 is 23.2 Å². The Morgan fingerprint density at radius 3 is 1.42 bits per heavy atom. The number of aliphatic hydroxyl groups is 2. The van der Waals surface area contributed by atoms with Gasteiger partial charge in [-0.05, 0) is 78.6 Å². The number of aliphatic hydroxyl groups excluding tert-OH is 2. The molecule has 2 aliphatic heterocycles. The maximum Gasteiger partial charge on any atom is 0.253 e. The van der Waals surface area contributed by atoms with E-state index in [1.54, 1.807) is 0 Å². The number of aryl methyl sites for hydroxylation is 4. The molecule has 2 unspecified atom stereocenters. The van der Waals surface area contributed by atoms with E-state index in [-0.39, 0.29) is 11.8 Å². The van der Waals surface area contributed by atoms with Gasteiger partial charge in [-0.3, -0.25) is 19.4 Å². The van der Waals surface area contributed by atoms with Crippen LogP contribution in [0.5, 0.6) is 0 Å². The SMILES string of the molecule is CCc1cc(Cc2cc(C)c(N3C(=O)C=CC3O)c(CC)c2)cc(C)c1N1C(=O)C=CC1O. The summed E-state index contributed by atoms with van der Waals surface area (Å²) >= 11 is 0. The molecule has 0 saturated carbocycles. The first-order valence-electron chi connectivity index (χ1n) is 11.4. The van der Waals surface area contributed by atoms with Gasteiger partial charge in [-0.2, -0.15) is 0 Å². The second kappa shape index (κ2) is 8.96. The third kappa shape index (κ3) is 4.12. The Morgan fingerprint density at radius 2 is 1.12 bits per heavy atom. The minimum absolute atomic E-state index is 0.208. The van der Waals surface area contributed by atoms with E-state index in [1.807, 2.05) is 27.7 Å². The lowest BCUT2D eigenvalue weighted by atomic mass is 9.93. The third-order valence-corrected chi connectivity index (χ3v) is 6.36. The molecule has 6 heteroatoms. The van der Waals surface area contributed by atoms with Gasteiger partial charge in [0.1, 0.15) is 0 Å². The number of anilines is 2. The molecular formula is C27H30N2O4. The van der Waals surface area contributed by atoms with Crippen LogP contribution >= 0.6 is 0 Å². The molecule has 172 valence electrons. The quantitative estimate of drug-likeness (QED) is 0.712. The topological polar surface area (TPSA) is 81.1 Å². The molecule has 2 atom stereocenters. The minimum Gasteiger partial charge on any atom is -0.369 e. The van der Waals surface area contributed by atoms with Gasteiger partial charge in [0.15, 0.2) is 12.5 Å². The van der Waals surface area contributed by atoms with Gasteiger partial charge in [-0.1, -0.05) is 38.1 Å². The molecular weight excluding hydrogens is 416 g/mol. The van der Waals surface area contributed by atoms with Crippen LogP contribution < -0.4 is 9.80 Å². The van der Waals surface area contributed by atoms with Crippen molar-refractivity contribution in [2.45, 2.75) is 59.4 Å². The second-order valence-electron chi connectivity index (χ2n) is 8.69. The second-order valence-corrected chi connectivity index (χ2v) is 8.69. The summed E-state index contributed by atoms with van der Waals surface area (Å²) in [6, 6.07) is 8.35. The van der Waals surface area contributed by atoms with Crippen LogP contribution in [-0.4, -0.2) is 34.5 Å². The van der Waals surface area contributed by atoms with E-state index in [1.165, 1.54) is 34.1 Å². The van der Waals surface area contributed by atoms with Gasteiger partial charge in [0.05, 0.1) is 11.4 Å². The number of nitrogens with zero attached hydrogens (tertiary/aromatic N) is 2. The average molecular weight is 447 g/mol. The van der Waals surface area contributed by atoms with Gasteiger partial charge in [0.25, 0.3) is 11.8 Å². The van der Waals surface area contributed by atoms with E-state index in [0.29, 0.717) is 6.42 Å². The van der Waals surface area contributed by atoms with E-state index in [4.69, 9.17) is 0 Å². The standard InChI is InChI=1S/C27H30N2O4/c1-5-20-14-18(11-16(3)26(20)28-22(30)7-8-23(28)31)13-19-12-17(4)27(21(6-2)15-19)29-24(32)9-10-25(29)33/h7-12,14-15,22,24,30,32H,5-6,13H2,1-4H3. The van der Waals surface area contributed by atoms with Gasteiger partial charge in [0.2, 0.25) is 0 Å². The number of rotatable bonds is 6. The summed E-state index contributed by atoms with van der Waals surface area (Å²) in [4.78, 5) is 27.5. The fourth-order valence-electron chi connectivity index (χ4n) is 4.95. The zero-order chi connectivity index (χ0) is 23.9. The molecule has 4 rings (SSSR count). The first-order valence-corrected chi connectivity index (χ1v) is 11.4. The third-order valence-electron chi connectivity index (χ3n) is 6.36. The fraction of sp³-hybridized carbons (Fsp3) is 0.333.